The van der Waals surface area contributed by atoms with Gasteiger partial charge in [0.05, 0.1) is 6.61 Å². The van der Waals surface area contributed by atoms with Gasteiger partial charge in [0.1, 0.15) is 0 Å². The third-order valence-corrected chi connectivity index (χ3v) is 3.48. The van der Waals surface area contributed by atoms with Crippen molar-refractivity contribution in [2.24, 2.45) is 0 Å². The Morgan fingerprint density at radius 1 is 1.33 bits per heavy atom. The minimum Gasteiger partial charge on any atom is -0.383 e. The molecule has 5 nitrogen and oxygen atoms in total. The lowest BCUT2D eigenvalue weighted by Gasteiger charge is -2.20. The quantitative estimate of drug-likeness (QED) is 0.841. The Kier molecular flexibility index (Phi) is 7.19. The van der Waals surface area contributed by atoms with E-state index in [9.17, 15) is 9.59 Å². The van der Waals surface area contributed by atoms with Crippen LogP contribution in [0.2, 0.25) is 5.02 Å². The summed E-state index contributed by atoms with van der Waals surface area (Å²) in [5.41, 5.74) is 1.61. The van der Waals surface area contributed by atoms with Gasteiger partial charge in [-0.2, -0.15) is 0 Å². The summed E-state index contributed by atoms with van der Waals surface area (Å²) in [4.78, 5) is 24.9. The molecule has 1 aromatic rings. The predicted octanol–water partition coefficient (Wildman–Crippen LogP) is 2.47. The molecule has 0 radical (unpaired) electrons. The second kappa shape index (κ2) is 8.64. The van der Waals surface area contributed by atoms with Crippen LogP contribution in [0.5, 0.6) is 0 Å². The Labute approximate surface area is 130 Å². The molecule has 0 saturated heterocycles. The summed E-state index contributed by atoms with van der Waals surface area (Å²) in [5.74, 6) is -0.225. The van der Waals surface area contributed by atoms with Crippen molar-refractivity contribution in [1.82, 2.24) is 4.90 Å². The highest BCUT2D eigenvalue weighted by molar-refractivity contribution is 6.31. The molecular formula is C15H21ClN2O3. The number of rotatable bonds is 7. The SMILES string of the molecule is COCCN(CCC(=O)Nc1ccc(C)c(Cl)c1)C(C)=O. The first-order chi connectivity index (χ1) is 9.93. The van der Waals surface area contributed by atoms with Gasteiger partial charge in [0.15, 0.2) is 0 Å². The second-order valence-electron chi connectivity index (χ2n) is 4.76. The van der Waals surface area contributed by atoms with Gasteiger partial charge >= 0.3 is 0 Å². The zero-order chi connectivity index (χ0) is 15.8. The van der Waals surface area contributed by atoms with E-state index in [1.54, 1.807) is 24.1 Å². The Balaban J connectivity index is 2.48. The van der Waals surface area contributed by atoms with E-state index < -0.39 is 0 Å². The summed E-state index contributed by atoms with van der Waals surface area (Å²) in [6.07, 6.45) is 0.231. The van der Waals surface area contributed by atoms with Crippen LogP contribution in [0.25, 0.3) is 0 Å². The van der Waals surface area contributed by atoms with Gasteiger partial charge in [0.2, 0.25) is 11.8 Å². The molecule has 0 aliphatic rings. The Hall–Kier alpha value is -1.59. The zero-order valence-corrected chi connectivity index (χ0v) is 13.4. The van der Waals surface area contributed by atoms with Crippen molar-refractivity contribution in [3.8, 4) is 0 Å². The first kappa shape index (κ1) is 17.5. The molecule has 116 valence electrons. The third kappa shape index (κ3) is 6.14. The zero-order valence-electron chi connectivity index (χ0n) is 12.6. The van der Waals surface area contributed by atoms with Crippen LogP contribution in [-0.4, -0.2) is 43.5 Å². The number of hydrogen-bond acceptors (Lipinski definition) is 3. The van der Waals surface area contributed by atoms with Crippen LogP contribution in [0.3, 0.4) is 0 Å². The van der Waals surface area contributed by atoms with E-state index in [-0.39, 0.29) is 18.2 Å². The van der Waals surface area contributed by atoms with Gasteiger partial charge in [-0.25, -0.2) is 0 Å². The molecule has 1 N–H and O–H groups in total. The fraction of sp³-hybridized carbons (Fsp3) is 0.467. The Morgan fingerprint density at radius 2 is 2.05 bits per heavy atom. The maximum atomic E-state index is 11.9. The molecule has 1 rings (SSSR count). The summed E-state index contributed by atoms with van der Waals surface area (Å²) in [6.45, 7) is 4.68. The smallest absolute Gasteiger partial charge is 0.226 e. The van der Waals surface area contributed by atoms with E-state index in [0.717, 1.165) is 5.56 Å². The average molecular weight is 313 g/mol. The maximum absolute atomic E-state index is 11.9. The molecule has 0 aromatic heterocycles. The molecule has 21 heavy (non-hydrogen) atoms. The maximum Gasteiger partial charge on any atom is 0.226 e. The van der Waals surface area contributed by atoms with Crippen molar-refractivity contribution in [3.63, 3.8) is 0 Å². The summed E-state index contributed by atoms with van der Waals surface area (Å²) >= 11 is 6.01. The molecule has 0 saturated carbocycles. The van der Waals surface area contributed by atoms with Crippen molar-refractivity contribution in [3.05, 3.63) is 28.8 Å². The number of methoxy groups -OCH3 is 1. The van der Waals surface area contributed by atoms with Gasteiger partial charge in [0.25, 0.3) is 0 Å². The number of carbonyl (C=O) groups excluding carboxylic acids is 2. The van der Waals surface area contributed by atoms with E-state index in [0.29, 0.717) is 30.4 Å². The van der Waals surface area contributed by atoms with Crippen LogP contribution in [0, 0.1) is 6.92 Å². The minimum atomic E-state index is -0.154. The molecule has 0 aliphatic carbocycles. The molecule has 0 atom stereocenters. The van der Waals surface area contributed by atoms with Crippen molar-refractivity contribution in [2.75, 3.05) is 32.1 Å². The number of benzene rings is 1. The number of nitrogens with zero attached hydrogens (tertiary/aromatic N) is 1. The van der Waals surface area contributed by atoms with Crippen LogP contribution in [0.15, 0.2) is 18.2 Å². The van der Waals surface area contributed by atoms with Crippen LogP contribution in [0.1, 0.15) is 18.9 Å². The number of carbonyl (C=O) groups is 2. The number of aryl methyl sites for hydroxylation is 1. The van der Waals surface area contributed by atoms with Gasteiger partial charge in [-0.3, -0.25) is 9.59 Å². The van der Waals surface area contributed by atoms with Crippen molar-refractivity contribution in [2.45, 2.75) is 20.3 Å². The number of anilines is 1. The number of amides is 2. The summed E-state index contributed by atoms with van der Waals surface area (Å²) in [5, 5.41) is 3.38. The van der Waals surface area contributed by atoms with E-state index in [2.05, 4.69) is 5.32 Å². The second-order valence-corrected chi connectivity index (χ2v) is 5.17. The van der Waals surface area contributed by atoms with Crippen LogP contribution < -0.4 is 5.32 Å². The summed E-state index contributed by atoms with van der Waals surface area (Å²) < 4.78 is 4.94. The molecule has 0 heterocycles. The third-order valence-electron chi connectivity index (χ3n) is 3.08. The molecule has 1 aromatic carbocycles. The Morgan fingerprint density at radius 3 is 2.62 bits per heavy atom. The van der Waals surface area contributed by atoms with Gasteiger partial charge < -0.3 is 15.0 Å². The number of halogens is 1. The summed E-state index contributed by atoms with van der Waals surface area (Å²) in [6, 6.07) is 5.35. The lowest BCUT2D eigenvalue weighted by molar-refractivity contribution is -0.130. The normalized spacial score (nSPS) is 10.3. The molecule has 0 aliphatic heterocycles. The van der Waals surface area contributed by atoms with Gasteiger partial charge in [-0.1, -0.05) is 17.7 Å². The van der Waals surface area contributed by atoms with Crippen molar-refractivity contribution < 1.29 is 14.3 Å². The van der Waals surface area contributed by atoms with Crippen LogP contribution >= 0.6 is 11.6 Å². The monoisotopic (exact) mass is 312 g/mol. The molecule has 6 heteroatoms. The van der Waals surface area contributed by atoms with E-state index >= 15 is 0 Å². The highest BCUT2D eigenvalue weighted by Gasteiger charge is 2.11. The first-order valence-corrected chi connectivity index (χ1v) is 7.12. The molecule has 0 spiro atoms. The number of hydrogen-bond donors (Lipinski definition) is 1. The minimum absolute atomic E-state index is 0.0711. The lowest BCUT2D eigenvalue weighted by atomic mass is 10.2. The van der Waals surface area contributed by atoms with E-state index in [1.165, 1.54) is 6.92 Å². The topological polar surface area (TPSA) is 58.6 Å². The highest BCUT2D eigenvalue weighted by atomic mass is 35.5. The fourth-order valence-corrected chi connectivity index (χ4v) is 1.94. The van der Waals surface area contributed by atoms with E-state index in [4.69, 9.17) is 16.3 Å². The molecule has 2 amide bonds. The first-order valence-electron chi connectivity index (χ1n) is 6.74. The molecular weight excluding hydrogens is 292 g/mol. The average Bonchev–Trinajstić information content (AvgIpc) is 2.42. The van der Waals surface area contributed by atoms with Crippen molar-refractivity contribution in [1.29, 1.82) is 0 Å². The van der Waals surface area contributed by atoms with Gasteiger partial charge in [-0.05, 0) is 24.6 Å². The molecule has 0 fully saturated rings. The standard InChI is InChI=1S/C15H21ClN2O3/c1-11-4-5-13(10-14(11)16)17-15(20)6-7-18(12(2)19)8-9-21-3/h4-5,10H,6-9H2,1-3H3,(H,17,20). The van der Waals surface area contributed by atoms with Gasteiger partial charge in [0, 0.05) is 44.3 Å². The van der Waals surface area contributed by atoms with Crippen molar-refractivity contribution >= 4 is 29.1 Å². The predicted molar refractivity (Wildman–Crippen MR) is 83.6 cm³/mol. The van der Waals surface area contributed by atoms with E-state index in [1.807, 2.05) is 13.0 Å². The highest BCUT2D eigenvalue weighted by Crippen LogP contribution is 2.19. The fourth-order valence-electron chi connectivity index (χ4n) is 1.76. The van der Waals surface area contributed by atoms with Gasteiger partial charge in [-0.15, -0.1) is 0 Å². The molecule has 0 unspecified atom stereocenters. The Bertz CT molecular complexity index is 506. The van der Waals surface area contributed by atoms with Crippen LogP contribution in [-0.2, 0) is 14.3 Å². The lowest BCUT2D eigenvalue weighted by Crippen LogP contribution is -2.34. The van der Waals surface area contributed by atoms with Crippen LogP contribution in [0.4, 0.5) is 5.69 Å². The number of nitrogens with one attached hydrogen (secondary N) is 1. The summed E-state index contributed by atoms with van der Waals surface area (Å²) in [7, 11) is 1.58. The largest absolute Gasteiger partial charge is 0.383 e. The molecule has 0 bridgehead atoms. The number of ether oxygens (including phenoxy) is 1.